The van der Waals surface area contributed by atoms with Crippen molar-refractivity contribution < 1.29 is 13.2 Å². The van der Waals surface area contributed by atoms with Crippen molar-refractivity contribution in [2.45, 2.75) is 19.9 Å². The molecule has 1 aromatic rings. The van der Waals surface area contributed by atoms with Gasteiger partial charge in [0.25, 0.3) is 0 Å². The third-order valence-corrected chi connectivity index (χ3v) is 3.69. The Morgan fingerprint density at radius 3 is 2.89 bits per heavy atom. The molecule has 0 amide bonds. The number of rotatable bonds is 10. The van der Waals surface area contributed by atoms with Gasteiger partial charge in [-0.1, -0.05) is 6.92 Å². The number of methoxy groups -OCH3 is 1. The summed E-state index contributed by atoms with van der Waals surface area (Å²) in [7, 11) is -1.71. The number of ether oxygens (including phenoxy) is 1. The van der Waals surface area contributed by atoms with E-state index in [9.17, 15) is 8.42 Å². The second-order valence-electron chi connectivity index (χ2n) is 4.16. The van der Waals surface area contributed by atoms with Gasteiger partial charge in [-0.15, -0.1) is 0 Å². The van der Waals surface area contributed by atoms with Crippen LogP contribution in [0.5, 0.6) is 0 Å². The van der Waals surface area contributed by atoms with E-state index in [0.29, 0.717) is 25.4 Å². The van der Waals surface area contributed by atoms with Crippen LogP contribution in [0.1, 0.15) is 13.3 Å². The Morgan fingerprint density at radius 1 is 1.42 bits per heavy atom. The van der Waals surface area contributed by atoms with Crippen LogP contribution >= 0.6 is 0 Å². The minimum atomic E-state index is -3.32. The van der Waals surface area contributed by atoms with E-state index in [-0.39, 0.29) is 5.75 Å². The Balaban J connectivity index is 2.41. The zero-order valence-corrected chi connectivity index (χ0v) is 12.2. The van der Waals surface area contributed by atoms with Gasteiger partial charge in [0.2, 0.25) is 10.0 Å². The number of anilines is 1. The lowest BCUT2D eigenvalue weighted by atomic mass is 10.5. The lowest BCUT2D eigenvalue weighted by molar-refractivity contribution is 0.183. The third kappa shape index (κ3) is 6.55. The summed E-state index contributed by atoms with van der Waals surface area (Å²) in [5, 5.41) is 7.10. The third-order valence-electron chi connectivity index (χ3n) is 2.41. The van der Waals surface area contributed by atoms with Crippen molar-refractivity contribution in [1.29, 1.82) is 0 Å². The first-order chi connectivity index (χ1) is 9.07. The zero-order chi connectivity index (χ0) is 14.1. The fourth-order valence-electron chi connectivity index (χ4n) is 1.46. The van der Waals surface area contributed by atoms with E-state index in [1.807, 2.05) is 6.92 Å². The van der Waals surface area contributed by atoms with Crippen LogP contribution in [-0.2, 0) is 21.3 Å². The van der Waals surface area contributed by atoms with Crippen LogP contribution in [-0.4, -0.2) is 50.8 Å². The largest absolute Gasteiger partial charge is 0.383 e. The normalized spacial score (nSPS) is 11.7. The summed E-state index contributed by atoms with van der Waals surface area (Å²) >= 11 is 0. The molecule has 0 saturated carbocycles. The van der Waals surface area contributed by atoms with Gasteiger partial charge >= 0.3 is 0 Å². The molecule has 0 fully saturated rings. The SMILES string of the molecule is CCCNCCS(=O)(=O)Nc1cnn(CCOC)c1. The summed E-state index contributed by atoms with van der Waals surface area (Å²) in [5.74, 6) is 0.0518. The standard InChI is InChI=1S/C11H22N4O3S/c1-3-4-12-5-8-19(16,17)14-11-9-13-15(10-11)6-7-18-2/h9-10,12,14H,3-8H2,1-2H3. The van der Waals surface area contributed by atoms with Gasteiger partial charge in [0.15, 0.2) is 0 Å². The fourth-order valence-corrected chi connectivity index (χ4v) is 2.44. The van der Waals surface area contributed by atoms with E-state index in [2.05, 4.69) is 15.1 Å². The molecule has 0 aliphatic rings. The van der Waals surface area contributed by atoms with Gasteiger partial charge in [-0.3, -0.25) is 9.40 Å². The van der Waals surface area contributed by atoms with E-state index in [1.165, 1.54) is 6.20 Å². The molecular formula is C11H22N4O3S. The van der Waals surface area contributed by atoms with E-state index >= 15 is 0 Å². The maximum Gasteiger partial charge on any atom is 0.234 e. The molecule has 19 heavy (non-hydrogen) atoms. The summed E-state index contributed by atoms with van der Waals surface area (Å²) in [6.45, 7) is 4.44. The quantitative estimate of drug-likeness (QED) is 0.604. The lowest BCUT2D eigenvalue weighted by Gasteiger charge is -2.06. The van der Waals surface area contributed by atoms with Crippen LogP contribution in [0.4, 0.5) is 5.69 Å². The Labute approximate surface area is 114 Å². The van der Waals surface area contributed by atoms with Crippen LogP contribution in [0.15, 0.2) is 12.4 Å². The monoisotopic (exact) mass is 290 g/mol. The summed E-state index contributed by atoms with van der Waals surface area (Å²) < 4.78 is 32.6. The molecule has 8 heteroatoms. The maximum absolute atomic E-state index is 11.8. The molecule has 0 unspecified atom stereocenters. The number of sulfonamides is 1. The molecule has 0 saturated heterocycles. The van der Waals surface area contributed by atoms with E-state index in [1.54, 1.807) is 18.0 Å². The van der Waals surface area contributed by atoms with Crippen LogP contribution in [0.2, 0.25) is 0 Å². The van der Waals surface area contributed by atoms with Gasteiger partial charge in [-0.25, -0.2) is 8.42 Å². The molecule has 0 bridgehead atoms. The van der Waals surface area contributed by atoms with Gasteiger partial charge in [0.05, 0.1) is 30.8 Å². The van der Waals surface area contributed by atoms with Crippen LogP contribution in [0.3, 0.4) is 0 Å². The highest BCUT2D eigenvalue weighted by Crippen LogP contribution is 2.07. The van der Waals surface area contributed by atoms with Crippen LogP contribution in [0.25, 0.3) is 0 Å². The first kappa shape index (κ1) is 15.9. The molecule has 1 rings (SSSR count). The molecule has 1 heterocycles. The first-order valence-corrected chi connectivity index (χ1v) is 7.95. The summed E-state index contributed by atoms with van der Waals surface area (Å²) in [4.78, 5) is 0. The predicted molar refractivity (Wildman–Crippen MR) is 74.7 cm³/mol. The smallest absolute Gasteiger partial charge is 0.234 e. The Morgan fingerprint density at radius 2 is 2.21 bits per heavy atom. The molecular weight excluding hydrogens is 268 g/mol. The number of hydrogen-bond acceptors (Lipinski definition) is 5. The lowest BCUT2D eigenvalue weighted by Crippen LogP contribution is -2.27. The molecule has 110 valence electrons. The van der Waals surface area contributed by atoms with Crippen molar-refractivity contribution >= 4 is 15.7 Å². The van der Waals surface area contributed by atoms with Gasteiger partial charge < -0.3 is 10.1 Å². The molecule has 7 nitrogen and oxygen atoms in total. The van der Waals surface area contributed by atoms with Crippen molar-refractivity contribution in [3.63, 3.8) is 0 Å². The summed E-state index contributed by atoms with van der Waals surface area (Å²) in [6.07, 6.45) is 4.13. The maximum atomic E-state index is 11.8. The highest BCUT2D eigenvalue weighted by atomic mass is 32.2. The Bertz CT molecular complexity index is 458. The number of nitrogens with one attached hydrogen (secondary N) is 2. The molecule has 1 aromatic heterocycles. The summed E-state index contributed by atoms with van der Waals surface area (Å²) in [5.41, 5.74) is 0.478. The Kier molecular flexibility index (Phi) is 6.82. The van der Waals surface area contributed by atoms with Gasteiger partial charge in [0, 0.05) is 19.9 Å². The molecule has 0 atom stereocenters. The minimum Gasteiger partial charge on any atom is -0.383 e. The van der Waals surface area contributed by atoms with Gasteiger partial charge in [-0.2, -0.15) is 5.10 Å². The number of aromatic nitrogens is 2. The molecule has 0 aliphatic heterocycles. The van der Waals surface area contributed by atoms with Crippen molar-refractivity contribution in [2.75, 3.05) is 37.3 Å². The number of nitrogens with zero attached hydrogens (tertiary/aromatic N) is 2. The van der Waals surface area contributed by atoms with E-state index < -0.39 is 10.0 Å². The van der Waals surface area contributed by atoms with Gasteiger partial charge in [-0.05, 0) is 13.0 Å². The zero-order valence-electron chi connectivity index (χ0n) is 11.4. The Hall–Kier alpha value is -1.12. The van der Waals surface area contributed by atoms with Crippen molar-refractivity contribution in [3.05, 3.63) is 12.4 Å². The molecule has 0 aliphatic carbocycles. The average Bonchev–Trinajstić information content (AvgIpc) is 2.79. The number of hydrogen-bond donors (Lipinski definition) is 2. The molecule has 0 spiro atoms. The first-order valence-electron chi connectivity index (χ1n) is 6.30. The van der Waals surface area contributed by atoms with Crippen molar-refractivity contribution in [3.8, 4) is 0 Å². The summed E-state index contributed by atoms with van der Waals surface area (Å²) in [6, 6.07) is 0. The highest BCUT2D eigenvalue weighted by molar-refractivity contribution is 7.92. The second kappa shape index (κ2) is 8.13. The highest BCUT2D eigenvalue weighted by Gasteiger charge is 2.11. The van der Waals surface area contributed by atoms with Crippen LogP contribution in [0, 0.1) is 0 Å². The topological polar surface area (TPSA) is 85.3 Å². The molecule has 0 aromatic carbocycles. The minimum absolute atomic E-state index is 0.0518. The van der Waals surface area contributed by atoms with Crippen molar-refractivity contribution in [2.24, 2.45) is 0 Å². The van der Waals surface area contributed by atoms with E-state index in [0.717, 1.165) is 13.0 Å². The molecule has 0 radical (unpaired) electrons. The predicted octanol–water partition coefficient (Wildman–Crippen LogP) is 0.271. The molecule has 2 N–H and O–H groups in total. The van der Waals surface area contributed by atoms with Gasteiger partial charge in [0.1, 0.15) is 0 Å². The average molecular weight is 290 g/mol. The second-order valence-corrected chi connectivity index (χ2v) is 6.00. The van der Waals surface area contributed by atoms with E-state index in [4.69, 9.17) is 4.74 Å². The van der Waals surface area contributed by atoms with Crippen LogP contribution < -0.4 is 10.0 Å². The van der Waals surface area contributed by atoms with Crippen molar-refractivity contribution in [1.82, 2.24) is 15.1 Å². The fraction of sp³-hybridized carbons (Fsp3) is 0.727.